The normalized spacial score (nSPS) is 14.5. The molecular formula is C17H20BrN5O2. The minimum atomic E-state index is -0.122. The molecule has 3 rings (SSSR count). The van der Waals surface area contributed by atoms with Crippen LogP contribution in [0.5, 0.6) is 0 Å². The lowest BCUT2D eigenvalue weighted by Gasteiger charge is -2.45. The number of carbonyl (C=O) groups excluding carboxylic acids is 1. The Labute approximate surface area is 154 Å². The Morgan fingerprint density at radius 3 is 2.68 bits per heavy atom. The number of amides is 1. The average Bonchev–Trinajstić information content (AvgIpc) is 2.51. The quantitative estimate of drug-likeness (QED) is 0.811. The van der Waals surface area contributed by atoms with E-state index in [1.165, 1.54) is 4.68 Å². The molecule has 25 heavy (non-hydrogen) atoms. The Hall–Kier alpha value is -2.19. The van der Waals surface area contributed by atoms with Crippen molar-refractivity contribution in [3.63, 3.8) is 0 Å². The lowest BCUT2D eigenvalue weighted by Crippen LogP contribution is -2.59. The summed E-state index contributed by atoms with van der Waals surface area (Å²) in [6.07, 6.45) is 1.69. The van der Waals surface area contributed by atoms with Crippen LogP contribution in [0.25, 0.3) is 0 Å². The lowest BCUT2D eigenvalue weighted by molar-refractivity contribution is -0.117. The average molecular weight is 406 g/mol. The Bertz CT molecular complexity index is 815. The highest BCUT2D eigenvalue weighted by molar-refractivity contribution is 9.10. The number of aryl methyl sites for hydroxylation is 1. The molecule has 7 nitrogen and oxygen atoms in total. The van der Waals surface area contributed by atoms with Gasteiger partial charge >= 0.3 is 0 Å². The minimum absolute atomic E-state index is 0.0430. The summed E-state index contributed by atoms with van der Waals surface area (Å²) in [5.41, 5.74) is 1.48. The monoisotopic (exact) mass is 405 g/mol. The van der Waals surface area contributed by atoms with Crippen LogP contribution in [0.1, 0.15) is 0 Å². The van der Waals surface area contributed by atoms with Crippen LogP contribution < -0.4 is 15.8 Å². The smallest absolute Gasteiger partial charge is 0.268 e. The van der Waals surface area contributed by atoms with Crippen LogP contribution in [0.4, 0.5) is 11.4 Å². The molecule has 1 amide bonds. The maximum absolute atomic E-state index is 12.2. The summed E-state index contributed by atoms with van der Waals surface area (Å²) >= 11 is 3.37. The van der Waals surface area contributed by atoms with Gasteiger partial charge in [-0.1, -0.05) is 15.9 Å². The maximum Gasteiger partial charge on any atom is 0.268 e. The van der Waals surface area contributed by atoms with Gasteiger partial charge in [0.1, 0.15) is 0 Å². The van der Waals surface area contributed by atoms with Crippen LogP contribution >= 0.6 is 15.9 Å². The molecule has 0 aliphatic carbocycles. The molecule has 1 aliphatic heterocycles. The molecule has 1 fully saturated rings. The van der Waals surface area contributed by atoms with Crippen LogP contribution in [0.2, 0.25) is 0 Å². The third-order valence-electron chi connectivity index (χ3n) is 4.33. The highest BCUT2D eigenvalue weighted by Gasteiger charge is 2.31. The van der Waals surface area contributed by atoms with Crippen molar-refractivity contribution < 1.29 is 4.79 Å². The summed E-state index contributed by atoms with van der Waals surface area (Å²) in [5.74, 6) is -0.0430. The van der Waals surface area contributed by atoms with Crippen LogP contribution in [-0.2, 0) is 11.8 Å². The number of halogens is 1. The molecule has 132 valence electrons. The second-order valence-corrected chi connectivity index (χ2v) is 7.12. The maximum atomic E-state index is 12.2. The van der Waals surface area contributed by atoms with Gasteiger partial charge in [0.05, 0.1) is 18.4 Å². The van der Waals surface area contributed by atoms with Crippen LogP contribution in [0, 0.1) is 0 Å². The third-order valence-corrected chi connectivity index (χ3v) is 4.85. The molecule has 1 N–H and O–H groups in total. The summed E-state index contributed by atoms with van der Waals surface area (Å²) < 4.78 is 2.28. The molecule has 1 aliphatic rings. The van der Waals surface area contributed by atoms with Gasteiger partial charge in [0, 0.05) is 42.4 Å². The number of benzene rings is 1. The Morgan fingerprint density at radius 1 is 1.36 bits per heavy atom. The molecule has 1 aromatic carbocycles. The van der Waals surface area contributed by atoms with E-state index in [0.717, 1.165) is 28.9 Å². The number of hydrogen-bond acceptors (Lipinski definition) is 5. The zero-order valence-electron chi connectivity index (χ0n) is 14.1. The molecule has 0 radical (unpaired) electrons. The van der Waals surface area contributed by atoms with Gasteiger partial charge in [-0.15, -0.1) is 0 Å². The molecule has 1 saturated heterocycles. The van der Waals surface area contributed by atoms with Gasteiger partial charge in [-0.05, 0) is 31.3 Å². The predicted molar refractivity (Wildman–Crippen MR) is 101 cm³/mol. The second kappa shape index (κ2) is 7.37. The molecule has 1 aromatic heterocycles. The summed E-state index contributed by atoms with van der Waals surface area (Å²) in [6.45, 7) is 1.87. The number of anilines is 2. The van der Waals surface area contributed by atoms with Crippen molar-refractivity contribution in [2.75, 3.05) is 36.9 Å². The summed E-state index contributed by atoms with van der Waals surface area (Å²) in [7, 11) is 3.56. The summed E-state index contributed by atoms with van der Waals surface area (Å²) in [6, 6.07) is 9.36. The molecule has 0 spiro atoms. The Morgan fingerprint density at radius 2 is 2.04 bits per heavy atom. The predicted octanol–water partition coefficient (Wildman–Crippen LogP) is 1.30. The molecule has 0 atom stereocenters. The van der Waals surface area contributed by atoms with E-state index in [2.05, 4.69) is 31.2 Å². The molecule has 0 saturated carbocycles. The third kappa shape index (κ3) is 4.26. The Kier molecular flexibility index (Phi) is 5.19. The number of nitrogens with one attached hydrogen (secondary N) is 1. The molecule has 2 heterocycles. The van der Waals surface area contributed by atoms with Crippen molar-refractivity contribution in [3.8, 4) is 0 Å². The fourth-order valence-corrected chi connectivity index (χ4v) is 2.93. The van der Waals surface area contributed by atoms with E-state index in [0.29, 0.717) is 6.54 Å². The van der Waals surface area contributed by atoms with E-state index in [1.54, 1.807) is 19.3 Å². The fraction of sp³-hybridized carbons (Fsp3) is 0.353. The van der Waals surface area contributed by atoms with E-state index < -0.39 is 0 Å². The standard InChI is InChI=1S/C17H20BrN5O2/c1-21(11-16(24)20-13-5-3-12(18)4-6-13)15-9-23(10-15)14-7-17(25)22(2)19-8-14/h3-8,15H,9-11H2,1-2H3,(H,20,24). The van der Waals surface area contributed by atoms with Crippen LogP contribution in [-0.4, -0.2) is 53.3 Å². The first kappa shape index (κ1) is 17.6. The summed E-state index contributed by atoms with van der Waals surface area (Å²) in [4.78, 5) is 27.9. The number of likely N-dealkylation sites (N-methyl/N-ethyl adjacent to an activating group) is 1. The summed E-state index contributed by atoms with van der Waals surface area (Å²) in [5, 5.41) is 6.92. The number of aromatic nitrogens is 2. The van der Waals surface area contributed by atoms with Crippen LogP contribution in [0.3, 0.4) is 0 Å². The van der Waals surface area contributed by atoms with Gasteiger partial charge < -0.3 is 10.2 Å². The number of rotatable bonds is 5. The largest absolute Gasteiger partial charge is 0.367 e. The van der Waals surface area contributed by atoms with Gasteiger partial charge in [-0.2, -0.15) is 5.10 Å². The number of carbonyl (C=O) groups is 1. The van der Waals surface area contributed by atoms with Crippen molar-refractivity contribution in [3.05, 3.63) is 51.4 Å². The van der Waals surface area contributed by atoms with Crippen molar-refractivity contribution >= 4 is 33.2 Å². The van der Waals surface area contributed by atoms with Crippen molar-refractivity contribution in [2.45, 2.75) is 6.04 Å². The first-order valence-corrected chi connectivity index (χ1v) is 8.75. The van der Waals surface area contributed by atoms with Crippen LogP contribution in [0.15, 0.2) is 45.8 Å². The molecule has 0 bridgehead atoms. The van der Waals surface area contributed by atoms with Gasteiger partial charge in [0.25, 0.3) is 5.56 Å². The van der Waals surface area contributed by atoms with Gasteiger partial charge in [0.2, 0.25) is 5.91 Å². The molecule has 0 unspecified atom stereocenters. The zero-order valence-corrected chi connectivity index (χ0v) is 15.7. The molecule has 2 aromatic rings. The first-order valence-electron chi connectivity index (χ1n) is 7.96. The van der Waals surface area contributed by atoms with E-state index in [1.807, 2.05) is 36.2 Å². The van der Waals surface area contributed by atoms with E-state index in [9.17, 15) is 9.59 Å². The molecular weight excluding hydrogens is 386 g/mol. The van der Waals surface area contributed by atoms with E-state index in [-0.39, 0.29) is 17.5 Å². The van der Waals surface area contributed by atoms with Crippen molar-refractivity contribution in [2.24, 2.45) is 7.05 Å². The molecule has 8 heteroatoms. The van der Waals surface area contributed by atoms with Crippen molar-refractivity contribution in [1.82, 2.24) is 14.7 Å². The van der Waals surface area contributed by atoms with Crippen molar-refractivity contribution in [1.29, 1.82) is 0 Å². The first-order chi connectivity index (χ1) is 11.9. The topological polar surface area (TPSA) is 70.5 Å². The van der Waals surface area contributed by atoms with E-state index in [4.69, 9.17) is 0 Å². The minimum Gasteiger partial charge on any atom is -0.367 e. The van der Waals surface area contributed by atoms with Gasteiger partial charge in [0.15, 0.2) is 0 Å². The Balaban J connectivity index is 1.49. The fourth-order valence-electron chi connectivity index (χ4n) is 2.67. The highest BCUT2D eigenvalue weighted by Crippen LogP contribution is 2.21. The second-order valence-electron chi connectivity index (χ2n) is 6.20. The van der Waals surface area contributed by atoms with Gasteiger partial charge in [-0.25, -0.2) is 4.68 Å². The SMILES string of the molecule is CN(CC(=O)Nc1ccc(Br)cc1)C1CN(c2cnn(C)c(=O)c2)C1. The van der Waals surface area contributed by atoms with E-state index >= 15 is 0 Å². The zero-order chi connectivity index (χ0) is 18.0. The lowest BCUT2D eigenvalue weighted by atomic mass is 10.1. The van der Waals surface area contributed by atoms with Gasteiger partial charge in [-0.3, -0.25) is 14.5 Å². The number of nitrogens with zero attached hydrogens (tertiary/aromatic N) is 4. The number of hydrogen-bond donors (Lipinski definition) is 1. The highest BCUT2D eigenvalue weighted by atomic mass is 79.9.